The number of rotatable bonds is 6. The van der Waals surface area contributed by atoms with Gasteiger partial charge < -0.3 is 30.2 Å². The van der Waals surface area contributed by atoms with E-state index in [0.717, 1.165) is 12.1 Å². The lowest BCUT2D eigenvalue weighted by atomic mass is 9.94. The zero-order valence-electron chi connectivity index (χ0n) is 17.4. The molecule has 2 aromatic rings. The lowest BCUT2D eigenvalue weighted by molar-refractivity contribution is -0.139. The molecule has 4 rings (SSSR count). The van der Waals surface area contributed by atoms with Crippen LogP contribution in [0.2, 0.25) is 0 Å². The van der Waals surface area contributed by atoms with E-state index >= 15 is 0 Å². The van der Waals surface area contributed by atoms with Crippen molar-refractivity contribution in [1.29, 1.82) is 0 Å². The predicted octanol–water partition coefficient (Wildman–Crippen LogP) is 3.72. The van der Waals surface area contributed by atoms with Gasteiger partial charge in [0.1, 0.15) is 0 Å². The number of carbonyl (C=O) groups excluding carboxylic acids is 2. The molecule has 0 spiro atoms. The Morgan fingerprint density at radius 3 is 2.58 bits per heavy atom. The third kappa shape index (κ3) is 4.81. The molecule has 33 heavy (non-hydrogen) atoms. The summed E-state index contributed by atoms with van der Waals surface area (Å²) in [5.41, 5.74) is 0.572. The highest BCUT2D eigenvalue weighted by Gasteiger charge is 2.34. The maximum Gasteiger partial charge on any atom is 0.416 e. The number of benzene rings is 2. The Kier molecular flexibility index (Phi) is 6.03. The van der Waals surface area contributed by atoms with Crippen molar-refractivity contribution in [1.82, 2.24) is 10.6 Å². The maximum absolute atomic E-state index is 12.8. The Labute approximate surface area is 186 Å². The Hall–Kier alpha value is -3.89. The standard InChI is InChI=1S/C22H20F3N3O5/c1-2-31-20(29)18-15(10-26-14-6-4-13(5-7-14)22(23,24)25)27-21(30)28-19(18)12-3-8-16-17(9-12)33-11-32-16/h3-9,19,26H,2,10-11H2,1H3,(H2,27,28,30)/t19-/m1/s1. The van der Waals surface area contributed by atoms with Crippen LogP contribution in [0.4, 0.5) is 23.7 Å². The number of urea groups is 1. The fraction of sp³-hybridized carbons (Fsp3) is 0.273. The Morgan fingerprint density at radius 2 is 1.88 bits per heavy atom. The molecule has 1 atom stereocenters. The summed E-state index contributed by atoms with van der Waals surface area (Å²) in [6.07, 6.45) is -4.45. The first kappa shape index (κ1) is 22.3. The highest BCUT2D eigenvalue weighted by molar-refractivity contribution is 5.95. The number of nitrogens with one attached hydrogen (secondary N) is 3. The summed E-state index contributed by atoms with van der Waals surface area (Å²) in [5, 5.41) is 8.24. The van der Waals surface area contributed by atoms with Gasteiger partial charge in [-0.1, -0.05) is 6.07 Å². The van der Waals surface area contributed by atoms with Crippen LogP contribution in [-0.2, 0) is 15.7 Å². The summed E-state index contributed by atoms with van der Waals surface area (Å²) in [5.74, 6) is 0.384. The normalized spacial score (nSPS) is 17.3. The van der Waals surface area contributed by atoms with Crippen LogP contribution in [0.1, 0.15) is 24.1 Å². The van der Waals surface area contributed by atoms with Gasteiger partial charge in [-0.2, -0.15) is 13.2 Å². The van der Waals surface area contributed by atoms with E-state index in [1.54, 1.807) is 25.1 Å². The number of ether oxygens (including phenoxy) is 3. The number of halogens is 3. The van der Waals surface area contributed by atoms with Crippen molar-refractivity contribution in [2.24, 2.45) is 0 Å². The van der Waals surface area contributed by atoms with Gasteiger partial charge in [-0.15, -0.1) is 0 Å². The van der Waals surface area contributed by atoms with Crippen LogP contribution in [0.3, 0.4) is 0 Å². The molecule has 174 valence electrons. The minimum absolute atomic E-state index is 0.0337. The highest BCUT2D eigenvalue weighted by Crippen LogP contribution is 2.37. The van der Waals surface area contributed by atoms with Gasteiger partial charge in [-0.3, -0.25) is 0 Å². The number of hydrogen-bond acceptors (Lipinski definition) is 6. The molecule has 0 saturated carbocycles. The van der Waals surface area contributed by atoms with Crippen LogP contribution in [-0.4, -0.2) is 31.9 Å². The minimum Gasteiger partial charge on any atom is -0.463 e. The smallest absolute Gasteiger partial charge is 0.416 e. The van der Waals surface area contributed by atoms with Crippen LogP contribution >= 0.6 is 0 Å². The molecule has 0 fully saturated rings. The second-order valence-corrected chi connectivity index (χ2v) is 7.19. The first-order valence-electron chi connectivity index (χ1n) is 10.0. The predicted molar refractivity (Wildman–Crippen MR) is 111 cm³/mol. The molecule has 2 aliphatic heterocycles. The van der Waals surface area contributed by atoms with E-state index in [9.17, 15) is 22.8 Å². The van der Waals surface area contributed by atoms with Gasteiger partial charge in [0.25, 0.3) is 0 Å². The molecule has 11 heteroatoms. The number of anilines is 1. The molecule has 0 aromatic heterocycles. The summed E-state index contributed by atoms with van der Waals surface area (Å²) in [4.78, 5) is 25.2. The lowest BCUT2D eigenvalue weighted by Gasteiger charge is -2.29. The first-order chi connectivity index (χ1) is 15.8. The first-order valence-corrected chi connectivity index (χ1v) is 10.0. The second-order valence-electron chi connectivity index (χ2n) is 7.19. The van der Waals surface area contributed by atoms with E-state index in [1.807, 2.05) is 0 Å². The van der Waals surface area contributed by atoms with Crippen molar-refractivity contribution < 1.29 is 37.0 Å². The fourth-order valence-corrected chi connectivity index (χ4v) is 3.52. The highest BCUT2D eigenvalue weighted by atomic mass is 19.4. The fourth-order valence-electron chi connectivity index (χ4n) is 3.52. The van der Waals surface area contributed by atoms with Crippen LogP contribution in [0, 0.1) is 0 Å². The van der Waals surface area contributed by atoms with Gasteiger partial charge in [0.2, 0.25) is 6.79 Å². The Bertz CT molecular complexity index is 1100. The molecular weight excluding hydrogens is 443 g/mol. The molecule has 3 N–H and O–H groups in total. The largest absolute Gasteiger partial charge is 0.463 e. The van der Waals surface area contributed by atoms with Crippen molar-refractivity contribution in [3.63, 3.8) is 0 Å². The van der Waals surface area contributed by atoms with Crippen LogP contribution in [0.5, 0.6) is 11.5 Å². The van der Waals surface area contributed by atoms with E-state index in [2.05, 4.69) is 16.0 Å². The molecule has 0 saturated heterocycles. The SMILES string of the molecule is CCOC(=O)C1=C(CNc2ccc(C(F)(F)F)cc2)NC(=O)N[C@@H]1c1ccc2c(c1)OCO2. The quantitative estimate of drug-likeness (QED) is 0.565. The zero-order valence-corrected chi connectivity index (χ0v) is 17.4. The van der Waals surface area contributed by atoms with Gasteiger partial charge >= 0.3 is 18.2 Å². The molecule has 0 radical (unpaired) electrons. The Morgan fingerprint density at radius 1 is 1.15 bits per heavy atom. The van der Waals surface area contributed by atoms with E-state index in [4.69, 9.17) is 14.2 Å². The zero-order chi connectivity index (χ0) is 23.6. The van der Waals surface area contributed by atoms with E-state index in [-0.39, 0.29) is 31.2 Å². The number of fused-ring (bicyclic) bond motifs is 1. The van der Waals surface area contributed by atoms with Crippen LogP contribution in [0.25, 0.3) is 0 Å². The van der Waals surface area contributed by atoms with E-state index in [0.29, 0.717) is 22.7 Å². The number of alkyl halides is 3. The molecule has 2 aromatic carbocycles. The number of esters is 1. The number of carbonyl (C=O) groups is 2. The summed E-state index contributed by atoms with van der Waals surface area (Å²) >= 11 is 0. The number of amides is 2. The summed E-state index contributed by atoms with van der Waals surface area (Å²) < 4.78 is 54.3. The maximum atomic E-state index is 12.8. The monoisotopic (exact) mass is 463 g/mol. The van der Waals surface area contributed by atoms with Gasteiger partial charge in [0.15, 0.2) is 11.5 Å². The average molecular weight is 463 g/mol. The Balaban J connectivity index is 1.64. The topological polar surface area (TPSA) is 97.9 Å². The van der Waals surface area contributed by atoms with Crippen LogP contribution < -0.4 is 25.4 Å². The van der Waals surface area contributed by atoms with Crippen LogP contribution in [0.15, 0.2) is 53.7 Å². The molecule has 2 amide bonds. The van der Waals surface area contributed by atoms with Crippen molar-refractivity contribution in [2.75, 3.05) is 25.3 Å². The lowest BCUT2D eigenvalue weighted by Crippen LogP contribution is -2.47. The molecule has 8 nitrogen and oxygen atoms in total. The summed E-state index contributed by atoms with van der Waals surface area (Å²) in [7, 11) is 0. The average Bonchev–Trinajstić information content (AvgIpc) is 3.25. The van der Waals surface area contributed by atoms with Gasteiger partial charge in [-0.25, -0.2) is 9.59 Å². The van der Waals surface area contributed by atoms with Crippen molar-refractivity contribution >= 4 is 17.7 Å². The van der Waals surface area contributed by atoms with Crippen molar-refractivity contribution in [3.05, 3.63) is 64.9 Å². The van der Waals surface area contributed by atoms with Gasteiger partial charge in [-0.05, 0) is 48.9 Å². The van der Waals surface area contributed by atoms with Gasteiger partial charge in [0, 0.05) is 5.69 Å². The molecule has 0 aliphatic carbocycles. The summed E-state index contributed by atoms with van der Waals surface area (Å²) in [6, 6.07) is 8.08. The van der Waals surface area contributed by atoms with Gasteiger partial charge in [0.05, 0.1) is 36.0 Å². The molecular formula is C22H20F3N3O5. The third-order valence-corrected chi connectivity index (χ3v) is 5.06. The van der Waals surface area contributed by atoms with E-state index < -0.39 is 29.8 Å². The second kappa shape index (κ2) is 8.93. The third-order valence-electron chi connectivity index (χ3n) is 5.06. The molecule has 2 aliphatic rings. The minimum atomic E-state index is -4.45. The summed E-state index contributed by atoms with van der Waals surface area (Å²) in [6.45, 7) is 1.81. The number of hydrogen-bond donors (Lipinski definition) is 3. The van der Waals surface area contributed by atoms with E-state index in [1.165, 1.54) is 12.1 Å². The van der Waals surface area contributed by atoms with Crippen molar-refractivity contribution in [2.45, 2.75) is 19.1 Å². The molecule has 0 unspecified atom stereocenters. The molecule has 0 bridgehead atoms. The van der Waals surface area contributed by atoms with Crippen molar-refractivity contribution in [3.8, 4) is 11.5 Å². The molecule has 2 heterocycles.